The maximum Gasteiger partial charge on any atom is 0.434 e. The summed E-state index contributed by atoms with van der Waals surface area (Å²) in [5.74, 6) is -0.991. The van der Waals surface area contributed by atoms with Crippen molar-refractivity contribution in [3.63, 3.8) is 0 Å². The number of thiazole rings is 1. The average Bonchev–Trinajstić information content (AvgIpc) is 3.99. The maximum absolute atomic E-state index is 14.5. The topological polar surface area (TPSA) is 161 Å². The fourth-order valence-corrected chi connectivity index (χ4v) is 9.56. The maximum atomic E-state index is 14.5. The summed E-state index contributed by atoms with van der Waals surface area (Å²) in [6.07, 6.45) is 1.94. The minimum atomic E-state index is -4.66. The van der Waals surface area contributed by atoms with Gasteiger partial charge in [-0.3, -0.25) is 14.3 Å². The van der Waals surface area contributed by atoms with E-state index in [1.165, 1.54) is 12.0 Å². The second-order valence-electron chi connectivity index (χ2n) is 15.3. The SMILES string of the molecule is COc1ccc2c(O[C@H]3CCN4C(=O)N(C)CCCC/C=C\[C@@H]5C[C@@]5(C(=O)NS(=O)(=O)C5(C)CC5)CC(=O)[C@@H]4C3)nc(-c3nc(C(F)(F)F)cs3)nc2c1C. The molecule has 2 aliphatic carbocycles. The first kappa shape index (κ1) is 38.9. The fourth-order valence-electron chi connectivity index (χ4n) is 7.47. The van der Waals surface area contributed by atoms with Gasteiger partial charge >= 0.3 is 12.2 Å². The summed E-state index contributed by atoms with van der Waals surface area (Å²) in [7, 11) is -0.805. The van der Waals surface area contributed by atoms with Gasteiger partial charge in [0.2, 0.25) is 21.8 Å². The molecule has 4 atom stereocenters. The molecule has 0 spiro atoms. The molecule has 3 fully saturated rings. The first-order valence-corrected chi connectivity index (χ1v) is 20.7. The second kappa shape index (κ2) is 14.3. The Hall–Kier alpha value is -4.32. The smallest absolute Gasteiger partial charge is 0.434 e. The van der Waals surface area contributed by atoms with Gasteiger partial charge in [0, 0.05) is 50.3 Å². The zero-order valence-electron chi connectivity index (χ0n) is 30.9. The Bertz CT molecular complexity index is 2170. The number of aromatic nitrogens is 3. The van der Waals surface area contributed by atoms with Crippen LogP contribution >= 0.6 is 11.3 Å². The van der Waals surface area contributed by atoms with Gasteiger partial charge in [-0.15, -0.1) is 11.3 Å². The van der Waals surface area contributed by atoms with E-state index < -0.39 is 55.9 Å². The van der Waals surface area contributed by atoms with Crippen LogP contribution in [0.25, 0.3) is 21.7 Å². The van der Waals surface area contributed by atoms with Gasteiger partial charge < -0.3 is 19.3 Å². The summed E-state index contributed by atoms with van der Waals surface area (Å²) in [6, 6.07) is 2.02. The zero-order valence-corrected chi connectivity index (χ0v) is 32.6. The predicted octanol–water partition coefficient (Wildman–Crippen LogP) is 6.06. The van der Waals surface area contributed by atoms with E-state index in [0.717, 1.165) is 29.6 Å². The van der Waals surface area contributed by atoms with Crippen molar-refractivity contribution in [2.24, 2.45) is 11.3 Å². The summed E-state index contributed by atoms with van der Waals surface area (Å²) in [4.78, 5) is 58.1. The van der Waals surface area contributed by atoms with Crippen molar-refractivity contribution in [2.75, 3.05) is 27.2 Å². The molecular weight excluding hydrogens is 762 g/mol. The van der Waals surface area contributed by atoms with Crippen LogP contribution in [0.1, 0.15) is 76.0 Å². The number of fused-ring (bicyclic) bond motifs is 3. The van der Waals surface area contributed by atoms with Crippen LogP contribution in [0.3, 0.4) is 0 Å². The number of piperidine rings is 1. The fraction of sp³-hybridized carbons (Fsp3) is 0.568. The number of nitrogens with one attached hydrogen (secondary N) is 1. The van der Waals surface area contributed by atoms with Gasteiger partial charge in [-0.1, -0.05) is 12.2 Å². The van der Waals surface area contributed by atoms with Gasteiger partial charge in [0.05, 0.1) is 34.2 Å². The molecular formula is C37H43F3N6O7S2. The van der Waals surface area contributed by atoms with Crippen molar-refractivity contribution in [2.45, 2.75) is 94.7 Å². The number of benzene rings is 1. The van der Waals surface area contributed by atoms with Crippen LogP contribution in [0.5, 0.6) is 11.6 Å². The number of Topliss-reactive ketones (excluding diaryl/α,β-unsaturated/α-hetero) is 1. The lowest BCUT2D eigenvalue weighted by molar-refractivity contribution is -0.140. The molecule has 2 saturated carbocycles. The molecule has 1 N–H and O–H groups in total. The molecule has 7 rings (SSSR count). The normalized spacial score (nSPS) is 26.4. The number of methoxy groups -OCH3 is 1. The van der Waals surface area contributed by atoms with E-state index in [9.17, 15) is 36.0 Å². The summed E-state index contributed by atoms with van der Waals surface area (Å²) >= 11 is 0.741. The van der Waals surface area contributed by atoms with E-state index in [0.29, 0.717) is 60.9 Å². The van der Waals surface area contributed by atoms with Crippen molar-refractivity contribution in [1.82, 2.24) is 29.5 Å². The number of halogens is 3. The number of aryl methyl sites for hydroxylation is 1. The highest BCUT2D eigenvalue weighted by molar-refractivity contribution is 7.91. The van der Waals surface area contributed by atoms with E-state index in [2.05, 4.69) is 19.7 Å². The molecule has 0 radical (unpaired) electrons. The van der Waals surface area contributed by atoms with Crippen molar-refractivity contribution in [3.8, 4) is 22.5 Å². The third-order valence-corrected chi connectivity index (χ3v) is 14.4. The number of hydrogen-bond donors (Lipinski definition) is 1. The summed E-state index contributed by atoms with van der Waals surface area (Å²) in [6.45, 7) is 3.94. The van der Waals surface area contributed by atoms with Crippen LogP contribution in [-0.2, 0) is 25.8 Å². The second-order valence-corrected chi connectivity index (χ2v) is 18.3. The Labute approximate surface area is 320 Å². The highest BCUT2D eigenvalue weighted by atomic mass is 32.2. The lowest BCUT2D eigenvalue weighted by Gasteiger charge is -2.40. The number of ketones is 1. The lowest BCUT2D eigenvalue weighted by Crippen LogP contribution is -2.56. The van der Waals surface area contributed by atoms with Crippen LogP contribution in [-0.4, -0.2) is 95.0 Å². The molecule has 13 nitrogen and oxygen atoms in total. The molecule has 4 aliphatic rings. The number of allylic oxidation sites excluding steroid dienone is 2. The van der Waals surface area contributed by atoms with Gasteiger partial charge in [-0.2, -0.15) is 18.2 Å². The highest BCUT2D eigenvalue weighted by Gasteiger charge is 2.62. The van der Waals surface area contributed by atoms with Gasteiger partial charge in [0.25, 0.3) is 0 Å². The van der Waals surface area contributed by atoms with Crippen LogP contribution < -0.4 is 14.2 Å². The summed E-state index contributed by atoms with van der Waals surface area (Å²) in [5.41, 5.74) is -1.39. The molecule has 55 heavy (non-hydrogen) atoms. The van der Waals surface area contributed by atoms with Gasteiger partial charge in [0.15, 0.2) is 22.3 Å². The molecule has 2 aliphatic heterocycles. The Morgan fingerprint density at radius 3 is 2.56 bits per heavy atom. The van der Waals surface area contributed by atoms with E-state index in [4.69, 9.17) is 9.47 Å². The molecule has 1 saturated heterocycles. The Kier molecular flexibility index (Phi) is 10.1. The first-order chi connectivity index (χ1) is 26.0. The van der Waals surface area contributed by atoms with Crippen molar-refractivity contribution >= 4 is 50.0 Å². The Morgan fingerprint density at radius 2 is 1.87 bits per heavy atom. The molecule has 18 heteroatoms. The number of carbonyl (C=O) groups is 3. The number of nitrogens with zero attached hydrogens (tertiary/aromatic N) is 5. The number of urea groups is 1. The Morgan fingerprint density at radius 1 is 1.11 bits per heavy atom. The van der Waals surface area contributed by atoms with Gasteiger partial charge in [-0.25, -0.2) is 23.2 Å². The van der Waals surface area contributed by atoms with E-state index in [-0.39, 0.29) is 48.0 Å². The molecule has 0 unspecified atom stereocenters. The van der Waals surface area contributed by atoms with E-state index in [1.54, 1.807) is 37.9 Å². The van der Waals surface area contributed by atoms with Crippen molar-refractivity contribution in [3.05, 3.63) is 40.9 Å². The number of carbonyl (C=O) groups excluding carboxylic acids is 3. The predicted molar refractivity (Wildman–Crippen MR) is 197 cm³/mol. The number of ether oxygens (including phenoxy) is 2. The quantitative estimate of drug-likeness (QED) is 0.278. The summed E-state index contributed by atoms with van der Waals surface area (Å²) in [5, 5.41) is 1.28. The van der Waals surface area contributed by atoms with Crippen LogP contribution in [0.4, 0.5) is 18.0 Å². The largest absolute Gasteiger partial charge is 0.496 e. The molecule has 3 amide bonds. The number of amides is 3. The van der Waals surface area contributed by atoms with Crippen LogP contribution in [0.2, 0.25) is 0 Å². The van der Waals surface area contributed by atoms with Crippen molar-refractivity contribution in [1.29, 1.82) is 0 Å². The third kappa shape index (κ3) is 7.50. The first-order valence-electron chi connectivity index (χ1n) is 18.3. The van der Waals surface area contributed by atoms with E-state index in [1.807, 2.05) is 12.2 Å². The molecule has 3 aromatic rings. The average molecular weight is 805 g/mol. The molecule has 0 bridgehead atoms. The zero-order chi connectivity index (χ0) is 39.5. The number of sulfonamides is 1. The van der Waals surface area contributed by atoms with Crippen LogP contribution in [0, 0.1) is 18.3 Å². The van der Waals surface area contributed by atoms with Gasteiger partial charge in [-0.05, 0) is 70.4 Å². The minimum absolute atomic E-state index is 0.0262. The lowest BCUT2D eigenvalue weighted by atomic mass is 9.87. The molecule has 296 valence electrons. The molecule has 2 aromatic heterocycles. The molecule has 4 heterocycles. The standard InChI is InChI=1S/C37H43F3N6O7S2/c1-21-27(52-4)11-10-24-29(21)42-30(32-41-28(20-54-32)37(38,39)40)43-31(24)53-23-12-16-46-25(17-23)26(47)19-36(33(48)44-55(50,51)35(2)13-14-35)18-22(36)9-7-5-6-8-15-45(3)34(46)49/h7,9-11,20,22-23,25H,5-6,8,12-19H2,1-4H3,(H,44,48)/b9-7-/t22-,23+,25+,36-/m1/s1. The monoisotopic (exact) mass is 804 g/mol. The number of rotatable bonds is 7. The van der Waals surface area contributed by atoms with Crippen molar-refractivity contribution < 1.29 is 45.4 Å². The van der Waals surface area contributed by atoms with Gasteiger partial charge in [0.1, 0.15) is 11.9 Å². The minimum Gasteiger partial charge on any atom is -0.496 e. The highest BCUT2D eigenvalue weighted by Crippen LogP contribution is 2.57. The Balaban J connectivity index is 1.21. The van der Waals surface area contributed by atoms with E-state index >= 15 is 0 Å². The summed E-state index contributed by atoms with van der Waals surface area (Å²) < 4.78 is 80.0. The third-order valence-electron chi connectivity index (χ3n) is 11.4. The molecule has 1 aromatic carbocycles. The number of hydrogen-bond acceptors (Lipinski definition) is 11. The van der Waals surface area contributed by atoms with Crippen LogP contribution in [0.15, 0.2) is 29.7 Å². The number of alkyl halides is 3.